The van der Waals surface area contributed by atoms with Crippen LogP contribution in [0.3, 0.4) is 0 Å². The lowest BCUT2D eigenvalue weighted by Crippen LogP contribution is -2.58. The van der Waals surface area contributed by atoms with Crippen molar-refractivity contribution in [3.8, 4) is 0 Å². The summed E-state index contributed by atoms with van der Waals surface area (Å²) in [5.74, 6) is -1.43. The first-order valence-corrected chi connectivity index (χ1v) is 5.99. The van der Waals surface area contributed by atoms with Gasteiger partial charge in [-0.1, -0.05) is 0 Å². The molecular formula is C12H22N2O4. The smallest absolute Gasteiger partial charge is 0.326 e. The number of hydrogen-bond donors (Lipinski definition) is 3. The summed E-state index contributed by atoms with van der Waals surface area (Å²) in [7, 11) is 0. The number of aliphatic hydroxyl groups is 1. The van der Waals surface area contributed by atoms with Crippen LogP contribution in [0.25, 0.3) is 0 Å². The maximum atomic E-state index is 12.4. The number of nitrogens with two attached hydrogens (primary N) is 1. The third-order valence-electron chi connectivity index (χ3n) is 3.97. The number of carbonyl (C=O) groups is 2. The molecule has 6 heteroatoms. The van der Waals surface area contributed by atoms with Crippen LogP contribution in [-0.4, -0.2) is 51.2 Å². The fraction of sp³-hybridized carbons (Fsp3) is 0.833. The van der Waals surface area contributed by atoms with Crippen molar-refractivity contribution in [3.63, 3.8) is 0 Å². The molecule has 0 aromatic rings. The fourth-order valence-corrected chi connectivity index (χ4v) is 1.91. The lowest BCUT2D eigenvalue weighted by Gasteiger charge is -2.40. The number of hydrogen-bond acceptors (Lipinski definition) is 4. The Morgan fingerprint density at radius 2 is 1.78 bits per heavy atom. The Balaban J connectivity index is 3.00. The van der Waals surface area contributed by atoms with Gasteiger partial charge in [-0.25, -0.2) is 4.79 Å². The molecule has 1 rings (SSSR count). The molecule has 0 bridgehead atoms. The largest absolute Gasteiger partial charge is 0.480 e. The minimum atomic E-state index is -1.09. The van der Waals surface area contributed by atoms with E-state index in [1.807, 2.05) is 0 Å². The number of rotatable bonds is 3. The van der Waals surface area contributed by atoms with Crippen molar-refractivity contribution in [3.05, 3.63) is 0 Å². The van der Waals surface area contributed by atoms with Crippen LogP contribution in [0.1, 0.15) is 34.1 Å². The Labute approximate surface area is 107 Å². The minimum absolute atomic E-state index is 0.0509. The highest BCUT2D eigenvalue weighted by molar-refractivity contribution is 5.88. The van der Waals surface area contributed by atoms with Gasteiger partial charge in [0, 0.05) is 18.5 Å². The van der Waals surface area contributed by atoms with Crippen LogP contribution in [0.5, 0.6) is 0 Å². The predicted octanol–water partition coefficient (Wildman–Crippen LogP) is -0.204. The second-order valence-corrected chi connectivity index (χ2v) is 6.05. The number of likely N-dealkylation sites (tertiary alicyclic amines) is 1. The van der Waals surface area contributed by atoms with Crippen LogP contribution in [0.15, 0.2) is 0 Å². The number of amides is 1. The second-order valence-electron chi connectivity index (χ2n) is 6.05. The van der Waals surface area contributed by atoms with Gasteiger partial charge in [0.15, 0.2) is 0 Å². The molecule has 2 atom stereocenters. The monoisotopic (exact) mass is 258 g/mol. The van der Waals surface area contributed by atoms with Crippen molar-refractivity contribution in [1.82, 2.24) is 4.90 Å². The number of aliphatic hydroxyl groups excluding tert-OH is 1. The summed E-state index contributed by atoms with van der Waals surface area (Å²) in [5.41, 5.74) is 4.31. The summed E-state index contributed by atoms with van der Waals surface area (Å²) in [6, 6.07) is -0.964. The van der Waals surface area contributed by atoms with Gasteiger partial charge >= 0.3 is 5.97 Å². The number of carboxylic acid groups (broad SMARTS) is 1. The first-order valence-electron chi connectivity index (χ1n) is 5.99. The summed E-state index contributed by atoms with van der Waals surface area (Å²) in [6.07, 6.45) is -0.714. The molecule has 18 heavy (non-hydrogen) atoms. The molecule has 1 saturated heterocycles. The van der Waals surface area contributed by atoms with Crippen LogP contribution in [0.2, 0.25) is 0 Å². The number of nitrogens with zero attached hydrogens (tertiary/aromatic N) is 1. The van der Waals surface area contributed by atoms with Crippen molar-refractivity contribution < 1.29 is 19.8 Å². The van der Waals surface area contributed by atoms with E-state index in [0.717, 1.165) is 0 Å². The average Bonchev–Trinajstić information content (AvgIpc) is 2.57. The second kappa shape index (κ2) is 4.51. The molecule has 0 aromatic heterocycles. The third-order valence-corrected chi connectivity index (χ3v) is 3.97. The van der Waals surface area contributed by atoms with Gasteiger partial charge in [-0.3, -0.25) is 4.79 Å². The van der Waals surface area contributed by atoms with Gasteiger partial charge in [0.25, 0.3) is 0 Å². The van der Waals surface area contributed by atoms with Gasteiger partial charge in [0.2, 0.25) is 5.91 Å². The Morgan fingerprint density at radius 1 is 1.28 bits per heavy atom. The van der Waals surface area contributed by atoms with Crippen molar-refractivity contribution in [2.75, 3.05) is 6.54 Å². The molecule has 0 spiro atoms. The molecule has 1 amide bonds. The summed E-state index contributed by atoms with van der Waals surface area (Å²) in [4.78, 5) is 24.8. The summed E-state index contributed by atoms with van der Waals surface area (Å²) in [5, 5.41) is 18.6. The van der Waals surface area contributed by atoms with Crippen molar-refractivity contribution in [1.29, 1.82) is 0 Å². The van der Waals surface area contributed by atoms with Crippen molar-refractivity contribution >= 4 is 11.9 Å². The number of aliphatic carboxylic acids is 1. The van der Waals surface area contributed by atoms with Gasteiger partial charge in [0.05, 0.1) is 11.5 Å². The van der Waals surface area contributed by atoms with E-state index in [1.165, 1.54) is 4.90 Å². The minimum Gasteiger partial charge on any atom is -0.480 e. The van der Waals surface area contributed by atoms with E-state index in [-0.39, 0.29) is 18.9 Å². The molecular weight excluding hydrogens is 236 g/mol. The topological polar surface area (TPSA) is 104 Å². The predicted molar refractivity (Wildman–Crippen MR) is 65.8 cm³/mol. The zero-order valence-corrected chi connectivity index (χ0v) is 11.3. The quantitative estimate of drug-likeness (QED) is 0.650. The molecule has 0 radical (unpaired) electrons. The summed E-state index contributed by atoms with van der Waals surface area (Å²) < 4.78 is 0. The standard InChI is InChI=1S/C12H22N2O4/c1-11(2,12(3,4)13)10(18)14-6-7(15)5-8(14)9(16)17/h7-8,15H,5-6,13H2,1-4H3,(H,16,17)/t7-,8-/m1/s1. The highest BCUT2D eigenvalue weighted by Gasteiger charge is 2.48. The van der Waals surface area contributed by atoms with Gasteiger partial charge < -0.3 is 20.8 Å². The normalized spacial score (nSPS) is 25.3. The van der Waals surface area contributed by atoms with Crippen LogP contribution in [0.4, 0.5) is 0 Å². The lowest BCUT2D eigenvalue weighted by molar-refractivity contribution is -0.154. The van der Waals surface area contributed by atoms with Gasteiger partial charge in [-0.2, -0.15) is 0 Å². The highest BCUT2D eigenvalue weighted by Crippen LogP contribution is 2.33. The molecule has 1 heterocycles. The summed E-state index contributed by atoms with van der Waals surface area (Å²) >= 11 is 0. The first-order chi connectivity index (χ1) is 7.98. The number of β-amino-alcohol motifs (C(OH)–C–C–N with tert-alkyl or cyclic N) is 1. The van der Waals surface area contributed by atoms with E-state index in [4.69, 9.17) is 10.8 Å². The van der Waals surface area contributed by atoms with Crippen molar-refractivity contribution in [2.24, 2.45) is 11.1 Å². The summed E-state index contributed by atoms with van der Waals surface area (Å²) in [6.45, 7) is 6.90. The van der Waals surface area contributed by atoms with E-state index in [1.54, 1.807) is 27.7 Å². The zero-order chi connectivity index (χ0) is 14.3. The molecule has 0 unspecified atom stereocenters. The molecule has 0 aliphatic carbocycles. The molecule has 4 N–H and O–H groups in total. The molecule has 1 aliphatic heterocycles. The average molecular weight is 258 g/mol. The van der Waals surface area contributed by atoms with Crippen molar-refractivity contribution in [2.45, 2.75) is 51.8 Å². The Kier molecular flexibility index (Phi) is 3.74. The van der Waals surface area contributed by atoms with Gasteiger partial charge in [-0.05, 0) is 27.7 Å². The Morgan fingerprint density at radius 3 is 2.17 bits per heavy atom. The maximum absolute atomic E-state index is 12.4. The van der Waals surface area contributed by atoms with Crippen LogP contribution in [-0.2, 0) is 9.59 Å². The SMILES string of the molecule is CC(C)(N)C(C)(C)C(=O)N1C[C@H](O)C[C@@H]1C(=O)O. The van der Waals surface area contributed by atoms with E-state index in [9.17, 15) is 14.7 Å². The van der Waals surface area contributed by atoms with E-state index in [2.05, 4.69) is 0 Å². The molecule has 0 saturated carbocycles. The molecule has 1 fully saturated rings. The molecule has 1 aliphatic rings. The first kappa shape index (κ1) is 14.9. The highest BCUT2D eigenvalue weighted by atomic mass is 16.4. The van der Waals surface area contributed by atoms with Gasteiger partial charge in [-0.15, -0.1) is 0 Å². The lowest BCUT2D eigenvalue weighted by atomic mass is 9.74. The Bertz CT molecular complexity index is 360. The number of carboxylic acids is 1. The molecule has 6 nitrogen and oxygen atoms in total. The maximum Gasteiger partial charge on any atom is 0.326 e. The van der Waals surface area contributed by atoms with E-state index >= 15 is 0 Å². The molecule has 104 valence electrons. The zero-order valence-electron chi connectivity index (χ0n) is 11.3. The Hall–Kier alpha value is -1.14. The van der Waals surface area contributed by atoms with E-state index < -0.39 is 29.1 Å². The molecule has 0 aromatic carbocycles. The van der Waals surface area contributed by atoms with E-state index in [0.29, 0.717) is 0 Å². The third kappa shape index (κ3) is 2.49. The van der Waals surface area contributed by atoms with Crippen LogP contribution in [0, 0.1) is 5.41 Å². The van der Waals surface area contributed by atoms with Gasteiger partial charge in [0.1, 0.15) is 6.04 Å². The number of carbonyl (C=O) groups excluding carboxylic acids is 1. The van der Waals surface area contributed by atoms with Crippen LogP contribution < -0.4 is 5.73 Å². The van der Waals surface area contributed by atoms with Crippen LogP contribution >= 0.6 is 0 Å². The fourth-order valence-electron chi connectivity index (χ4n) is 1.91.